The minimum atomic E-state index is -0.337. The lowest BCUT2D eigenvalue weighted by molar-refractivity contribution is -0.134. The summed E-state index contributed by atoms with van der Waals surface area (Å²) in [6.07, 6.45) is -0.337. The van der Waals surface area contributed by atoms with Crippen LogP contribution in [0.15, 0.2) is 0 Å². The Balaban J connectivity index is 0.00000180. The van der Waals surface area contributed by atoms with Crippen molar-refractivity contribution in [2.45, 2.75) is 19.1 Å². The number of nitrogens with one attached hydrogen (secondary N) is 2. The third-order valence-electron chi connectivity index (χ3n) is 3.46. The largest absolute Gasteiger partial charge is 0.379 e. The summed E-state index contributed by atoms with van der Waals surface area (Å²) in [6.45, 7) is 8.30. The minimum absolute atomic E-state index is 0. The highest BCUT2D eigenvalue weighted by Crippen LogP contribution is 2.03. The van der Waals surface area contributed by atoms with Gasteiger partial charge in [-0.05, 0) is 6.92 Å². The van der Waals surface area contributed by atoms with Crippen LogP contribution in [0.1, 0.15) is 6.92 Å². The molecule has 8 heteroatoms. The molecule has 20 heavy (non-hydrogen) atoms. The van der Waals surface area contributed by atoms with Gasteiger partial charge in [0, 0.05) is 38.8 Å². The summed E-state index contributed by atoms with van der Waals surface area (Å²) in [5, 5.41) is 6.12. The van der Waals surface area contributed by atoms with E-state index in [1.165, 1.54) is 0 Å². The second-order valence-electron chi connectivity index (χ2n) is 4.81. The molecule has 2 aliphatic heterocycles. The van der Waals surface area contributed by atoms with Crippen LogP contribution in [0.4, 0.5) is 0 Å². The first kappa shape index (κ1) is 19.9. The third kappa shape index (κ3) is 6.11. The van der Waals surface area contributed by atoms with E-state index >= 15 is 0 Å². The van der Waals surface area contributed by atoms with Crippen LogP contribution in [0, 0.1) is 0 Å². The van der Waals surface area contributed by atoms with Gasteiger partial charge in [-0.1, -0.05) is 0 Å². The molecule has 2 atom stereocenters. The van der Waals surface area contributed by atoms with Crippen molar-refractivity contribution in [2.75, 3.05) is 52.5 Å². The van der Waals surface area contributed by atoms with Crippen molar-refractivity contribution in [1.82, 2.24) is 15.5 Å². The fourth-order valence-electron chi connectivity index (χ4n) is 2.24. The van der Waals surface area contributed by atoms with Crippen LogP contribution in [-0.4, -0.2) is 75.5 Å². The van der Waals surface area contributed by atoms with Gasteiger partial charge in [0.15, 0.2) is 0 Å². The summed E-state index contributed by atoms with van der Waals surface area (Å²) in [5.74, 6) is -0.0118. The van der Waals surface area contributed by atoms with Crippen LogP contribution in [0.25, 0.3) is 0 Å². The lowest BCUT2D eigenvalue weighted by Gasteiger charge is -2.32. The van der Waals surface area contributed by atoms with Gasteiger partial charge in [-0.3, -0.25) is 9.69 Å². The van der Waals surface area contributed by atoms with Crippen LogP contribution in [-0.2, 0) is 14.3 Å². The average Bonchev–Trinajstić information content (AvgIpc) is 2.46. The minimum Gasteiger partial charge on any atom is -0.379 e. The van der Waals surface area contributed by atoms with E-state index in [1.807, 2.05) is 0 Å². The molecule has 2 aliphatic rings. The molecule has 0 aromatic rings. The number of ether oxygens (including phenoxy) is 2. The molecule has 0 spiro atoms. The number of hydrogen-bond donors (Lipinski definition) is 2. The summed E-state index contributed by atoms with van der Waals surface area (Å²) in [6, 6.07) is 0.342. The zero-order chi connectivity index (χ0) is 12.8. The molecule has 2 saturated heterocycles. The summed E-state index contributed by atoms with van der Waals surface area (Å²) < 4.78 is 10.7. The Morgan fingerprint density at radius 3 is 2.65 bits per heavy atom. The molecule has 0 aromatic carbocycles. The Kier molecular flexibility index (Phi) is 10.5. The summed E-state index contributed by atoms with van der Waals surface area (Å²) in [4.78, 5) is 14.2. The molecule has 0 aliphatic carbocycles. The zero-order valence-corrected chi connectivity index (χ0v) is 13.4. The lowest BCUT2D eigenvalue weighted by Crippen LogP contribution is -2.52. The van der Waals surface area contributed by atoms with E-state index in [9.17, 15) is 4.79 Å². The summed E-state index contributed by atoms with van der Waals surface area (Å²) in [7, 11) is 0. The molecule has 6 nitrogen and oxygen atoms in total. The van der Waals surface area contributed by atoms with Gasteiger partial charge in [0.25, 0.3) is 5.91 Å². The molecule has 120 valence electrons. The summed E-state index contributed by atoms with van der Waals surface area (Å²) in [5.41, 5.74) is 0. The van der Waals surface area contributed by atoms with Crippen molar-refractivity contribution < 1.29 is 14.3 Å². The number of hydrogen-bond acceptors (Lipinski definition) is 5. The SMILES string of the molecule is CC(CNC(=O)C1CNCCO1)N1CCOCC1.Cl.Cl. The van der Waals surface area contributed by atoms with Gasteiger partial charge >= 0.3 is 0 Å². The molecule has 2 unspecified atom stereocenters. The van der Waals surface area contributed by atoms with Crippen LogP contribution >= 0.6 is 24.8 Å². The maximum absolute atomic E-state index is 11.9. The maximum Gasteiger partial charge on any atom is 0.250 e. The van der Waals surface area contributed by atoms with Crippen molar-refractivity contribution in [1.29, 1.82) is 0 Å². The van der Waals surface area contributed by atoms with Crippen LogP contribution in [0.2, 0.25) is 0 Å². The van der Waals surface area contributed by atoms with Crippen molar-refractivity contribution in [2.24, 2.45) is 0 Å². The molecular weight excluding hydrogens is 305 g/mol. The Bertz CT molecular complexity index is 273. The first-order chi connectivity index (χ1) is 8.77. The smallest absolute Gasteiger partial charge is 0.250 e. The van der Waals surface area contributed by atoms with Gasteiger partial charge in [-0.25, -0.2) is 0 Å². The number of carbonyl (C=O) groups excluding carboxylic acids is 1. The third-order valence-corrected chi connectivity index (χ3v) is 3.46. The molecule has 0 radical (unpaired) electrons. The second kappa shape index (κ2) is 10.6. The monoisotopic (exact) mass is 329 g/mol. The predicted octanol–water partition coefficient (Wildman–Crippen LogP) is -0.345. The van der Waals surface area contributed by atoms with Crippen molar-refractivity contribution in [3.05, 3.63) is 0 Å². The van der Waals surface area contributed by atoms with Gasteiger partial charge in [0.05, 0.1) is 19.8 Å². The quantitative estimate of drug-likeness (QED) is 0.738. The molecule has 2 fully saturated rings. The standard InChI is InChI=1S/C12H23N3O3.2ClH/c1-10(15-3-6-17-7-4-15)8-14-12(16)11-9-13-2-5-18-11;;/h10-11,13H,2-9H2,1H3,(H,14,16);2*1H. The molecule has 0 aromatic heterocycles. The summed E-state index contributed by atoms with van der Waals surface area (Å²) >= 11 is 0. The number of carbonyl (C=O) groups is 1. The maximum atomic E-state index is 11.9. The number of amides is 1. The van der Waals surface area contributed by atoms with E-state index in [-0.39, 0.29) is 36.8 Å². The van der Waals surface area contributed by atoms with E-state index in [0.29, 0.717) is 25.7 Å². The molecule has 2 rings (SSSR count). The lowest BCUT2D eigenvalue weighted by atomic mass is 10.2. The highest BCUT2D eigenvalue weighted by molar-refractivity contribution is 5.85. The van der Waals surface area contributed by atoms with Crippen LogP contribution in [0.5, 0.6) is 0 Å². The normalized spacial score (nSPS) is 24.9. The molecule has 1 amide bonds. The van der Waals surface area contributed by atoms with Crippen molar-refractivity contribution >= 4 is 30.7 Å². The molecular formula is C12H25Cl2N3O3. The van der Waals surface area contributed by atoms with Crippen LogP contribution < -0.4 is 10.6 Å². The Morgan fingerprint density at radius 2 is 2.05 bits per heavy atom. The average molecular weight is 330 g/mol. The van der Waals surface area contributed by atoms with Gasteiger partial charge < -0.3 is 20.1 Å². The van der Waals surface area contributed by atoms with Gasteiger partial charge in [-0.2, -0.15) is 0 Å². The highest BCUT2D eigenvalue weighted by atomic mass is 35.5. The Morgan fingerprint density at radius 1 is 1.35 bits per heavy atom. The first-order valence-corrected chi connectivity index (χ1v) is 6.69. The molecule has 0 bridgehead atoms. The molecule has 0 saturated carbocycles. The van der Waals surface area contributed by atoms with E-state index in [0.717, 1.165) is 32.8 Å². The van der Waals surface area contributed by atoms with E-state index in [2.05, 4.69) is 22.5 Å². The fraction of sp³-hybridized carbons (Fsp3) is 0.917. The van der Waals surface area contributed by atoms with Crippen molar-refractivity contribution in [3.63, 3.8) is 0 Å². The van der Waals surface area contributed by atoms with Gasteiger partial charge in [0.1, 0.15) is 6.10 Å². The highest BCUT2D eigenvalue weighted by Gasteiger charge is 2.23. The first-order valence-electron chi connectivity index (χ1n) is 6.69. The van der Waals surface area contributed by atoms with Crippen molar-refractivity contribution in [3.8, 4) is 0 Å². The zero-order valence-electron chi connectivity index (χ0n) is 11.8. The van der Waals surface area contributed by atoms with E-state index in [1.54, 1.807) is 0 Å². The van der Waals surface area contributed by atoms with Gasteiger partial charge in [-0.15, -0.1) is 24.8 Å². The number of rotatable bonds is 4. The van der Waals surface area contributed by atoms with E-state index in [4.69, 9.17) is 9.47 Å². The van der Waals surface area contributed by atoms with E-state index < -0.39 is 0 Å². The number of nitrogens with zero attached hydrogens (tertiary/aromatic N) is 1. The Hall–Kier alpha value is -0.110. The fourth-order valence-corrected chi connectivity index (χ4v) is 2.24. The molecule has 2 heterocycles. The van der Waals surface area contributed by atoms with Gasteiger partial charge in [0.2, 0.25) is 0 Å². The number of halogens is 2. The Labute approximate surface area is 132 Å². The second-order valence-corrected chi connectivity index (χ2v) is 4.81. The van der Waals surface area contributed by atoms with Crippen LogP contribution in [0.3, 0.4) is 0 Å². The topological polar surface area (TPSA) is 62.8 Å². The predicted molar refractivity (Wildman–Crippen MR) is 82.0 cm³/mol. The molecule has 2 N–H and O–H groups in total. The number of morpholine rings is 2.